The maximum atomic E-state index is 12.5. The molecule has 0 radical (unpaired) electrons. The number of aromatic nitrogens is 3. The number of rotatable bonds is 8. The van der Waals surface area contributed by atoms with Gasteiger partial charge >= 0.3 is 0 Å². The molecule has 0 aliphatic carbocycles. The quantitative estimate of drug-likeness (QED) is 0.686. The van der Waals surface area contributed by atoms with Gasteiger partial charge in [-0.3, -0.25) is 4.79 Å². The van der Waals surface area contributed by atoms with Gasteiger partial charge in [-0.2, -0.15) is 0 Å². The number of hydrogen-bond donors (Lipinski definition) is 0. The van der Waals surface area contributed by atoms with Crippen molar-refractivity contribution in [3.05, 3.63) is 36.2 Å². The fourth-order valence-corrected chi connectivity index (χ4v) is 3.18. The van der Waals surface area contributed by atoms with Gasteiger partial charge in [-0.15, -0.1) is 10.2 Å². The molecular formula is C17H24N4O2S. The van der Waals surface area contributed by atoms with E-state index in [1.165, 1.54) is 11.8 Å². The van der Waals surface area contributed by atoms with Crippen LogP contribution in [0.1, 0.15) is 32.4 Å². The molecule has 2 aromatic rings. The Morgan fingerprint density at radius 1 is 1.33 bits per heavy atom. The molecule has 24 heavy (non-hydrogen) atoms. The Morgan fingerprint density at radius 3 is 2.62 bits per heavy atom. The lowest BCUT2D eigenvalue weighted by Gasteiger charge is -2.21. The molecule has 130 valence electrons. The minimum absolute atomic E-state index is 0.0941. The Labute approximate surface area is 147 Å². The van der Waals surface area contributed by atoms with Crippen molar-refractivity contribution in [3.63, 3.8) is 0 Å². The van der Waals surface area contributed by atoms with E-state index in [0.29, 0.717) is 18.8 Å². The lowest BCUT2D eigenvalue weighted by atomic mass is 10.2. The van der Waals surface area contributed by atoms with Crippen molar-refractivity contribution in [1.82, 2.24) is 19.7 Å². The fourth-order valence-electron chi connectivity index (χ4n) is 2.23. The first-order valence-electron chi connectivity index (χ1n) is 7.98. The molecule has 0 aliphatic rings. The molecular weight excluding hydrogens is 324 g/mol. The van der Waals surface area contributed by atoms with Crippen molar-refractivity contribution in [2.75, 3.05) is 19.4 Å². The summed E-state index contributed by atoms with van der Waals surface area (Å²) in [5.41, 5.74) is 1.08. The zero-order chi connectivity index (χ0) is 17.5. The predicted molar refractivity (Wildman–Crippen MR) is 95.2 cm³/mol. The number of ether oxygens (including phenoxy) is 1. The number of carbonyl (C=O) groups excluding carboxylic acids is 1. The standard InChI is InChI=1S/C17H24N4O2S/c1-5-20(10-14-6-8-15(23-4)9-7-14)16(22)11-24-17-19-18-12-21(17)13(2)3/h6-9,12-13H,5,10-11H2,1-4H3. The van der Waals surface area contributed by atoms with E-state index < -0.39 is 0 Å². The second kappa shape index (κ2) is 8.73. The Bertz CT molecular complexity index is 655. The summed E-state index contributed by atoms with van der Waals surface area (Å²) in [5, 5.41) is 8.79. The Balaban J connectivity index is 1.94. The molecule has 0 unspecified atom stereocenters. The van der Waals surface area contributed by atoms with Crippen LogP contribution >= 0.6 is 11.8 Å². The maximum Gasteiger partial charge on any atom is 0.233 e. The molecule has 0 fully saturated rings. The van der Waals surface area contributed by atoms with Crippen LogP contribution in [0.5, 0.6) is 5.75 Å². The van der Waals surface area contributed by atoms with Crippen LogP contribution in [0.2, 0.25) is 0 Å². The van der Waals surface area contributed by atoms with Crippen molar-refractivity contribution in [3.8, 4) is 5.75 Å². The molecule has 6 nitrogen and oxygen atoms in total. The minimum Gasteiger partial charge on any atom is -0.497 e. The molecule has 1 aromatic heterocycles. The van der Waals surface area contributed by atoms with E-state index in [4.69, 9.17) is 4.74 Å². The topological polar surface area (TPSA) is 60.2 Å². The highest BCUT2D eigenvalue weighted by molar-refractivity contribution is 7.99. The van der Waals surface area contributed by atoms with E-state index in [9.17, 15) is 4.79 Å². The van der Waals surface area contributed by atoms with E-state index in [1.54, 1.807) is 13.4 Å². The lowest BCUT2D eigenvalue weighted by molar-refractivity contribution is -0.128. The molecule has 0 saturated carbocycles. The van der Waals surface area contributed by atoms with E-state index >= 15 is 0 Å². The van der Waals surface area contributed by atoms with Crippen LogP contribution in [-0.2, 0) is 11.3 Å². The molecule has 1 amide bonds. The van der Waals surface area contributed by atoms with Gasteiger partial charge < -0.3 is 14.2 Å². The normalized spacial score (nSPS) is 10.9. The van der Waals surface area contributed by atoms with Crippen molar-refractivity contribution in [1.29, 1.82) is 0 Å². The summed E-state index contributed by atoms with van der Waals surface area (Å²) >= 11 is 1.43. The van der Waals surface area contributed by atoms with Crippen molar-refractivity contribution in [2.45, 2.75) is 38.5 Å². The van der Waals surface area contributed by atoms with Gasteiger partial charge in [0.2, 0.25) is 5.91 Å². The first kappa shape index (κ1) is 18.3. The van der Waals surface area contributed by atoms with Crippen LogP contribution in [0, 0.1) is 0 Å². The summed E-state index contributed by atoms with van der Waals surface area (Å²) in [6.07, 6.45) is 1.70. The average Bonchev–Trinajstić information content (AvgIpc) is 3.07. The third kappa shape index (κ3) is 4.74. The Kier molecular flexibility index (Phi) is 6.66. The summed E-state index contributed by atoms with van der Waals surface area (Å²) in [6.45, 7) is 7.39. The number of thioether (sulfide) groups is 1. The smallest absolute Gasteiger partial charge is 0.233 e. The van der Waals surface area contributed by atoms with Crippen molar-refractivity contribution >= 4 is 17.7 Å². The molecule has 7 heteroatoms. The van der Waals surface area contributed by atoms with Crippen molar-refractivity contribution < 1.29 is 9.53 Å². The highest BCUT2D eigenvalue weighted by Gasteiger charge is 2.15. The highest BCUT2D eigenvalue weighted by atomic mass is 32.2. The SMILES string of the molecule is CCN(Cc1ccc(OC)cc1)C(=O)CSc1nncn1C(C)C. The van der Waals surface area contributed by atoms with Crippen LogP contribution in [0.4, 0.5) is 0 Å². The number of amides is 1. The van der Waals surface area contributed by atoms with Gasteiger partial charge in [0.25, 0.3) is 0 Å². The lowest BCUT2D eigenvalue weighted by Crippen LogP contribution is -2.31. The first-order valence-corrected chi connectivity index (χ1v) is 8.96. The Morgan fingerprint density at radius 2 is 2.04 bits per heavy atom. The monoisotopic (exact) mass is 348 g/mol. The summed E-state index contributed by atoms with van der Waals surface area (Å²) < 4.78 is 7.13. The predicted octanol–water partition coefficient (Wildman–Crippen LogP) is 3.01. The molecule has 0 bridgehead atoms. The van der Waals surface area contributed by atoms with Crippen molar-refractivity contribution in [2.24, 2.45) is 0 Å². The molecule has 2 rings (SSSR count). The van der Waals surface area contributed by atoms with E-state index in [2.05, 4.69) is 24.0 Å². The summed E-state index contributed by atoms with van der Waals surface area (Å²) in [4.78, 5) is 14.3. The molecule has 0 atom stereocenters. The van der Waals surface area contributed by atoms with Crippen LogP contribution in [0.25, 0.3) is 0 Å². The number of hydrogen-bond acceptors (Lipinski definition) is 5. The van der Waals surface area contributed by atoms with E-state index in [1.807, 2.05) is 40.7 Å². The first-order chi connectivity index (χ1) is 11.5. The van der Waals surface area contributed by atoms with Gasteiger partial charge in [-0.05, 0) is 38.5 Å². The van der Waals surface area contributed by atoms with Crippen LogP contribution in [0.15, 0.2) is 35.7 Å². The number of carbonyl (C=O) groups is 1. The Hall–Kier alpha value is -2.02. The third-order valence-electron chi connectivity index (χ3n) is 3.69. The highest BCUT2D eigenvalue weighted by Crippen LogP contribution is 2.20. The van der Waals surface area contributed by atoms with Gasteiger partial charge in [0.15, 0.2) is 5.16 Å². The van der Waals surface area contributed by atoms with Gasteiger partial charge in [-0.1, -0.05) is 23.9 Å². The average molecular weight is 348 g/mol. The molecule has 0 aliphatic heterocycles. The third-order valence-corrected chi connectivity index (χ3v) is 4.63. The number of nitrogens with zero attached hydrogens (tertiary/aromatic N) is 4. The van der Waals surface area contributed by atoms with Gasteiger partial charge in [0.1, 0.15) is 12.1 Å². The van der Waals surface area contributed by atoms with Crippen LogP contribution in [0.3, 0.4) is 0 Å². The van der Waals surface area contributed by atoms with Crippen LogP contribution in [-0.4, -0.2) is 45.0 Å². The fraction of sp³-hybridized carbons (Fsp3) is 0.471. The summed E-state index contributed by atoms with van der Waals surface area (Å²) in [6, 6.07) is 8.06. The molecule has 0 spiro atoms. The number of methoxy groups -OCH3 is 1. The minimum atomic E-state index is 0.0941. The largest absolute Gasteiger partial charge is 0.497 e. The molecule has 1 aromatic carbocycles. The zero-order valence-electron chi connectivity index (χ0n) is 14.6. The summed E-state index contributed by atoms with van der Waals surface area (Å²) in [5.74, 6) is 1.27. The van der Waals surface area contributed by atoms with Gasteiger partial charge in [0.05, 0.1) is 12.9 Å². The zero-order valence-corrected chi connectivity index (χ0v) is 15.4. The second-order valence-electron chi connectivity index (χ2n) is 5.66. The summed E-state index contributed by atoms with van der Waals surface area (Å²) in [7, 11) is 1.64. The van der Waals surface area contributed by atoms with E-state index in [-0.39, 0.29) is 11.9 Å². The molecule has 1 heterocycles. The second-order valence-corrected chi connectivity index (χ2v) is 6.60. The van der Waals surface area contributed by atoms with Gasteiger partial charge in [-0.25, -0.2) is 0 Å². The maximum absolute atomic E-state index is 12.5. The van der Waals surface area contributed by atoms with E-state index in [0.717, 1.165) is 16.5 Å². The molecule has 0 saturated heterocycles. The van der Waals surface area contributed by atoms with Crippen LogP contribution < -0.4 is 4.74 Å². The number of benzene rings is 1. The van der Waals surface area contributed by atoms with Gasteiger partial charge in [0, 0.05) is 19.1 Å². The molecule has 0 N–H and O–H groups in total.